The van der Waals surface area contributed by atoms with Crippen LogP contribution in [-0.2, 0) is 13.0 Å². The summed E-state index contributed by atoms with van der Waals surface area (Å²) in [5, 5.41) is 3.47. The van der Waals surface area contributed by atoms with Crippen molar-refractivity contribution >= 4 is 5.82 Å². The van der Waals surface area contributed by atoms with Crippen molar-refractivity contribution in [2.45, 2.75) is 60.0 Å². The van der Waals surface area contributed by atoms with Gasteiger partial charge in [-0.15, -0.1) is 0 Å². The molecule has 0 fully saturated rings. The number of aryl methyl sites for hydroxylation is 1. The average molecular weight is 277 g/mol. The Morgan fingerprint density at radius 3 is 2.45 bits per heavy atom. The molecule has 0 saturated heterocycles. The van der Waals surface area contributed by atoms with E-state index in [0.29, 0.717) is 12.0 Å². The third-order valence-electron chi connectivity index (χ3n) is 3.98. The summed E-state index contributed by atoms with van der Waals surface area (Å²) in [6, 6.07) is 4.94. The van der Waals surface area contributed by atoms with Gasteiger partial charge in [0.15, 0.2) is 0 Å². The maximum atomic E-state index is 4.78. The highest BCUT2D eigenvalue weighted by Gasteiger charge is 2.15. The molecule has 0 aromatic carbocycles. The monoisotopic (exact) mass is 277 g/mol. The van der Waals surface area contributed by atoms with Gasteiger partial charge in [0, 0.05) is 25.3 Å². The van der Waals surface area contributed by atoms with E-state index < -0.39 is 0 Å². The molecule has 3 heteroatoms. The molecule has 114 valence electrons. The second-order valence-corrected chi connectivity index (χ2v) is 5.95. The molecule has 0 aliphatic heterocycles. The summed E-state index contributed by atoms with van der Waals surface area (Å²) in [7, 11) is 2.15. The largest absolute Gasteiger partial charge is 0.357 e. The van der Waals surface area contributed by atoms with Crippen molar-refractivity contribution in [2.24, 2.45) is 5.92 Å². The Bertz CT molecular complexity index is 401. The molecule has 1 aromatic rings. The number of hydrogen-bond donors (Lipinski definition) is 1. The number of pyridine rings is 1. The quantitative estimate of drug-likeness (QED) is 0.736. The predicted molar refractivity (Wildman–Crippen MR) is 88.3 cm³/mol. The van der Waals surface area contributed by atoms with Crippen molar-refractivity contribution in [3.05, 3.63) is 23.4 Å². The predicted octanol–water partition coefficient (Wildman–Crippen LogP) is 3.62. The normalized spacial score (nSPS) is 12.8. The second kappa shape index (κ2) is 8.25. The summed E-state index contributed by atoms with van der Waals surface area (Å²) in [5.74, 6) is 1.72. The lowest BCUT2D eigenvalue weighted by Crippen LogP contribution is -2.34. The van der Waals surface area contributed by atoms with Crippen LogP contribution in [0.3, 0.4) is 0 Å². The molecule has 1 aromatic heterocycles. The highest BCUT2D eigenvalue weighted by molar-refractivity contribution is 5.43. The maximum Gasteiger partial charge on any atom is 0.129 e. The highest BCUT2D eigenvalue weighted by Crippen LogP contribution is 2.19. The molecule has 0 bridgehead atoms. The van der Waals surface area contributed by atoms with Crippen LogP contribution in [0.25, 0.3) is 0 Å². The molecular formula is C17H31N3. The number of nitrogens with zero attached hydrogens (tertiary/aromatic N) is 2. The highest BCUT2D eigenvalue weighted by atomic mass is 15.2. The Balaban J connectivity index is 2.91. The smallest absolute Gasteiger partial charge is 0.129 e. The number of hydrogen-bond acceptors (Lipinski definition) is 3. The van der Waals surface area contributed by atoms with E-state index in [1.165, 1.54) is 17.7 Å². The molecule has 3 nitrogen and oxygen atoms in total. The van der Waals surface area contributed by atoms with Gasteiger partial charge in [-0.25, -0.2) is 4.98 Å². The summed E-state index contributed by atoms with van der Waals surface area (Å²) in [4.78, 5) is 7.08. The summed E-state index contributed by atoms with van der Waals surface area (Å²) in [6.45, 7) is 13.1. The zero-order valence-corrected chi connectivity index (χ0v) is 14.0. The van der Waals surface area contributed by atoms with Gasteiger partial charge in [0.25, 0.3) is 0 Å². The Morgan fingerprint density at radius 1 is 1.20 bits per heavy atom. The first-order chi connectivity index (χ1) is 9.49. The summed E-state index contributed by atoms with van der Waals surface area (Å²) < 4.78 is 0. The van der Waals surface area contributed by atoms with Gasteiger partial charge in [0.1, 0.15) is 5.82 Å². The van der Waals surface area contributed by atoms with Gasteiger partial charge in [0.2, 0.25) is 0 Å². The minimum absolute atomic E-state index is 0.492. The molecule has 0 saturated carbocycles. The molecule has 1 rings (SSSR count). The lowest BCUT2D eigenvalue weighted by Gasteiger charge is -2.29. The molecule has 20 heavy (non-hydrogen) atoms. The topological polar surface area (TPSA) is 28.2 Å². The average Bonchev–Trinajstić information content (AvgIpc) is 2.45. The van der Waals surface area contributed by atoms with Crippen LogP contribution in [0.5, 0.6) is 0 Å². The van der Waals surface area contributed by atoms with Crippen molar-refractivity contribution in [1.29, 1.82) is 0 Å². The summed E-state index contributed by atoms with van der Waals surface area (Å²) >= 11 is 0. The Kier molecular flexibility index (Phi) is 7.00. The first-order valence-corrected chi connectivity index (χ1v) is 7.92. The molecule has 1 unspecified atom stereocenters. The van der Waals surface area contributed by atoms with Gasteiger partial charge >= 0.3 is 0 Å². The number of rotatable bonds is 8. The van der Waals surface area contributed by atoms with E-state index in [4.69, 9.17) is 4.98 Å². The molecular weight excluding hydrogens is 246 g/mol. The van der Waals surface area contributed by atoms with Crippen LogP contribution in [0.4, 0.5) is 5.82 Å². The lowest BCUT2D eigenvalue weighted by molar-refractivity contribution is 0.502. The molecule has 1 N–H and O–H groups in total. The van der Waals surface area contributed by atoms with Gasteiger partial charge in [-0.1, -0.05) is 27.7 Å². The third-order valence-corrected chi connectivity index (χ3v) is 3.98. The van der Waals surface area contributed by atoms with Gasteiger partial charge in [-0.05, 0) is 49.9 Å². The van der Waals surface area contributed by atoms with E-state index in [2.05, 4.69) is 64.0 Å². The molecule has 0 spiro atoms. The van der Waals surface area contributed by atoms with Gasteiger partial charge in [-0.3, -0.25) is 0 Å². The van der Waals surface area contributed by atoms with Gasteiger partial charge < -0.3 is 10.2 Å². The fourth-order valence-electron chi connectivity index (χ4n) is 2.16. The Hall–Kier alpha value is -1.09. The first kappa shape index (κ1) is 17.0. The fraction of sp³-hybridized carbons (Fsp3) is 0.706. The van der Waals surface area contributed by atoms with E-state index in [0.717, 1.165) is 25.3 Å². The zero-order chi connectivity index (χ0) is 15.1. The number of nitrogens with one attached hydrogen (secondary N) is 1. The van der Waals surface area contributed by atoms with Gasteiger partial charge in [-0.2, -0.15) is 0 Å². The standard InChI is InChI=1S/C17H31N3/c1-7-9-18-12-15-10-16(8-2)19-17(11-15)20(6)14(5)13(3)4/h10-11,13-14,18H,7-9,12H2,1-6H3. The van der Waals surface area contributed by atoms with E-state index in [9.17, 15) is 0 Å². The molecule has 1 atom stereocenters. The fourth-order valence-corrected chi connectivity index (χ4v) is 2.16. The number of anilines is 1. The third kappa shape index (κ3) is 4.78. The van der Waals surface area contributed by atoms with Crippen molar-refractivity contribution in [3.63, 3.8) is 0 Å². The van der Waals surface area contributed by atoms with Crippen LogP contribution < -0.4 is 10.2 Å². The second-order valence-electron chi connectivity index (χ2n) is 5.95. The molecule has 0 aliphatic rings. The lowest BCUT2D eigenvalue weighted by atomic mass is 10.0. The molecule has 0 amide bonds. The van der Waals surface area contributed by atoms with Crippen LogP contribution in [0.15, 0.2) is 12.1 Å². The van der Waals surface area contributed by atoms with E-state index in [-0.39, 0.29) is 0 Å². The Morgan fingerprint density at radius 2 is 1.90 bits per heavy atom. The zero-order valence-electron chi connectivity index (χ0n) is 14.0. The van der Waals surface area contributed by atoms with Crippen molar-refractivity contribution < 1.29 is 0 Å². The van der Waals surface area contributed by atoms with Crippen LogP contribution in [0.2, 0.25) is 0 Å². The minimum atomic E-state index is 0.492. The van der Waals surface area contributed by atoms with Crippen LogP contribution in [0, 0.1) is 5.92 Å². The van der Waals surface area contributed by atoms with Crippen LogP contribution >= 0.6 is 0 Å². The van der Waals surface area contributed by atoms with Crippen LogP contribution in [-0.4, -0.2) is 24.6 Å². The van der Waals surface area contributed by atoms with Crippen LogP contribution in [0.1, 0.15) is 52.3 Å². The molecule has 0 radical (unpaired) electrons. The molecule has 1 heterocycles. The number of aromatic nitrogens is 1. The SMILES string of the molecule is CCCNCc1cc(CC)nc(N(C)C(C)C(C)C)c1. The van der Waals surface area contributed by atoms with Gasteiger partial charge in [0.05, 0.1) is 0 Å². The van der Waals surface area contributed by atoms with Crippen molar-refractivity contribution in [3.8, 4) is 0 Å². The van der Waals surface area contributed by atoms with Crippen molar-refractivity contribution in [1.82, 2.24) is 10.3 Å². The Labute approximate surface area is 124 Å². The molecule has 0 aliphatic carbocycles. The summed E-state index contributed by atoms with van der Waals surface area (Å²) in [6.07, 6.45) is 2.15. The van der Waals surface area contributed by atoms with E-state index in [1.807, 2.05) is 0 Å². The summed E-state index contributed by atoms with van der Waals surface area (Å²) in [5.41, 5.74) is 2.52. The van der Waals surface area contributed by atoms with E-state index in [1.54, 1.807) is 0 Å². The van der Waals surface area contributed by atoms with Crippen molar-refractivity contribution in [2.75, 3.05) is 18.5 Å². The first-order valence-electron chi connectivity index (χ1n) is 7.92. The minimum Gasteiger partial charge on any atom is -0.357 e. The van der Waals surface area contributed by atoms with E-state index >= 15 is 0 Å². The maximum absolute atomic E-state index is 4.78.